The summed E-state index contributed by atoms with van der Waals surface area (Å²) >= 11 is 2.35. The van der Waals surface area contributed by atoms with Crippen LogP contribution in [0.4, 0.5) is 0 Å². The molecule has 1 unspecified atom stereocenters. The zero-order valence-corrected chi connectivity index (χ0v) is 13.5. The highest BCUT2D eigenvalue weighted by Gasteiger charge is 2.21. The summed E-state index contributed by atoms with van der Waals surface area (Å²) < 4.78 is 1.31. The molecule has 0 aliphatic rings. The SMILES string of the molecule is CCNC(C)CC(C)(C)Cc1ccc(I)cc1. The number of benzene rings is 1. The molecule has 17 heavy (non-hydrogen) atoms. The Morgan fingerprint density at radius 2 is 1.82 bits per heavy atom. The predicted molar refractivity (Wildman–Crippen MR) is 84.4 cm³/mol. The van der Waals surface area contributed by atoms with Gasteiger partial charge in [0.05, 0.1) is 0 Å². The second-order valence-corrected chi connectivity index (χ2v) is 6.88. The van der Waals surface area contributed by atoms with Gasteiger partial charge in [0.15, 0.2) is 0 Å². The van der Waals surface area contributed by atoms with E-state index in [1.165, 1.54) is 15.6 Å². The van der Waals surface area contributed by atoms with Crippen molar-refractivity contribution in [2.24, 2.45) is 5.41 Å². The first-order valence-electron chi connectivity index (χ1n) is 6.41. The minimum atomic E-state index is 0.356. The molecule has 0 aliphatic heterocycles. The Kier molecular flexibility index (Phi) is 5.93. The first-order valence-corrected chi connectivity index (χ1v) is 7.48. The Morgan fingerprint density at radius 3 is 2.35 bits per heavy atom. The summed E-state index contributed by atoms with van der Waals surface area (Å²) in [4.78, 5) is 0. The molecule has 2 heteroatoms. The van der Waals surface area contributed by atoms with Crippen LogP contribution in [0.1, 0.15) is 39.7 Å². The van der Waals surface area contributed by atoms with Crippen LogP contribution in [0.5, 0.6) is 0 Å². The van der Waals surface area contributed by atoms with Crippen molar-refractivity contribution in [1.29, 1.82) is 0 Å². The van der Waals surface area contributed by atoms with E-state index in [9.17, 15) is 0 Å². The lowest BCUT2D eigenvalue weighted by atomic mass is 9.80. The molecule has 0 saturated heterocycles. The maximum absolute atomic E-state index is 3.50. The Morgan fingerprint density at radius 1 is 1.24 bits per heavy atom. The number of rotatable bonds is 6. The van der Waals surface area contributed by atoms with Gasteiger partial charge in [-0.2, -0.15) is 0 Å². The van der Waals surface area contributed by atoms with E-state index in [0.29, 0.717) is 11.5 Å². The third kappa shape index (κ3) is 5.87. The van der Waals surface area contributed by atoms with E-state index in [2.05, 4.69) is 79.9 Å². The first-order chi connectivity index (χ1) is 7.93. The van der Waals surface area contributed by atoms with Crippen molar-refractivity contribution in [2.45, 2.75) is 46.6 Å². The molecule has 0 aromatic heterocycles. The van der Waals surface area contributed by atoms with E-state index in [1.807, 2.05) is 0 Å². The lowest BCUT2D eigenvalue weighted by Crippen LogP contribution is -2.32. The topological polar surface area (TPSA) is 12.0 Å². The van der Waals surface area contributed by atoms with Gasteiger partial charge in [-0.3, -0.25) is 0 Å². The van der Waals surface area contributed by atoms with Gasteiger partial charge in [-0.25, -0.2) is 0 Å². The average Bonchev–Trinajstić information content (AvgIpc) is 2.20. The quantitative estimate of drug-likeness (QED) is 0.760. The molecule has 0 heterocycles. The Balaban J connectivity index is 2.56. The summed E-state index contributed by atoms with van der Waals surface area (Å²) in [5.74, 6) is 0. The fourth-order valence-corrected chi connectivity index (χ4v) is 2.84. The van der Waals surface area contributed by atoms with Gasteiger partial charge in [0, 0.05) is 9.61 Å². The second kappa shape index (κ2) is 6.74. The Labute approximate surface area is 120 Å². The van der Waals surface area contributed by atoms with Crippen LogP contribution in [-0.2, 0) is 6.42 Å². The molecule has 1 rings (SSSR count). The van der Waals surface area contributed by atoms with Crippen LogP contribution in [-0.4, -0.2) is 12.6 Å². The van der Waals surface area contributed by atoms with E-state index in [1.54, 1.807) is 0 Å². The number of halogens is 1. The number of nitrogens with one attached hydrogen (secondary N) is 1. The van der Waals surface area contributed by atoms with Crippen molar-refractivity contribution in [3.05, 3.63) is 33.4 Å². The normalized spacial score (nSPS) is 13.7. The third-order valence-corrected chi connectivity index (χ3v) is 3.73. The van der Waals surface area contributed by atoms with E-state index >= 15 is 0 Å². The Bertz CT molecular complexity index is 329. The minimum Gasteiger partial charge on any atom is -0.315 e. The molecule has 1 nitrogen and oxygen atoms in total. The number of hydrogen-bond donors (Lipinski definition) is 1. The van der Waals surface area contributed by atoms with Gasteiger partial charge in [-0.1, -0.05) is 32.9 Å². The van der Waals surface area contributed by atoms with Crippen molar-refractivity contribution >= 4 is 22.6 Å². The molecule has 1 atom stereocenters. The largest absolute Gasteiger partial charge is 0.315 e. The summed E-state index contributed by atoms with van der Waals surface area (Å²) in [5, 5.41) is 3.50. The predicted octanol–water partition coefficient (Wildman–Crippen LogP) is 4.25. The van der Waals surface area contributed by atoms with Crippen molar-refractivity contribution in [3.8, 4) is 0 Å². The first kappa shape index (κ1) is 15.0. The van der Waals surface area contributed by atoms with Crippen molar-refractivity contribution in [2.75, 3.05) is 6.54 Å². The molecule has 0 bridgehead atoms. The van der Waals surface area contributed by atoms with Gasteiger partial charge in [0.25, 0.3) is 0 Å². The zero-order chi connectivity index (χ0) is 12.9. The lowest BCUT2D eigenvalue weighted by Gasteiger charge is -2.28. The summed E-state index contributed by atoms with van der Waals surface area (Å²) in [6.45, 7) is 10.2. The molecule has 96 valence electrons. The minimum absolute atomic E-state index is 0.356. The molecule has 1 N–H and O–H groups in total. The smallest absolute Gasteiger partial charge is 0.0130 e. The van der Waals surface area contributed by atoms with Gasteiger partial charge in [0.2, 0.25) is 0 Å². The fourth-order valence-electron chi connectivity index (χ4n) is 2.48. The van der Waals surface area contributed by atoms with E-state index in [-0.39, 0.29) is 0 Å². The average molecular weight is 345 g/mol. The van der Waals surface area contributed by atoms with Crippen molar-refractivity contribution in [1.82, 2.24) is 5.32 Å². The summed E-state index contributed by atoms with van der Waals surface area (Å²) in [6, 6.07) is 9.49. The maximum Gasteiger partial charge on any atom is 0.0130 e. The van der Waals surface area contributed by atoms with Crippen molar-refractivity contribution in [3.63, 3.8) is 0 Å². The fraction of sp³-hybridized carbons (Fsp3) is 0.600. The molecular weight excluding hydrogens is 321 g/mol. The molecular formula is C15H24IN. The van der Waals surface area contributed by atoms with Crippen LogP contribution in [0.15, 0.2) is 24.3 Å². The van der Waals surface area contributed by atoms with Crippen LogP contribution in [0.2, 0.25) is 0 Å². The monoisotopic (exact) mass is 345 g/mol. The van der Waals surface area contributed by atoms with Crippen LogP contribution in [0.25, 0.3) is 0 Å². The van der Waals surface area contributed by atoms with Gasteiger partial charge in [0.1, 0.15) is 0 Å². The number of hydrogen-bond acceptors (Lipinski definition) is 1. The zero-order valence-electron chi connectivity index (χ0n) is 11.4. The van der Waals surface area contributed by atoms with Gasteiger partial charge in [-0.15, -0.1) is 0 Å². The molecule has 0 amide bonds. The lowest BCUT2D eigenvalue weighted by molar-refractivity contribution is 0.289. The Hall–Kier alpha value is -0.0900. The van der Waals surface area contributed by atoms with E-state index in [4.69, 9.17) is 0 Å². The summed E-state index contributed by atoms with van der Waals surface area (Å²) in [7, 11) is 0. The van der Waals surface area contributed by atoms with Crippen LogP contribution >= 0.6 is 22.6 Å². The van der Waals surface area contributed by atoms with E-state index < -0.39 is 0 Å². The van der Waals surface area contributed by atoms with Gasteiger partial charge >= 0.3 is 0 Å². The third-order valence-electron chi connectivity index (χ3n) is 3.01. The van der Waals surface area contributed by atoms with Gasteiger partial charge < -0.3 is 5.32 Å². The second-order valence-electron chi connectivity index (χ2n) is 5.63. The molecule has 0 aliphatic carbocycles. The standard InChI is InChI=1S/C15H24IN/c1-5-17-12(2)10-15(3,4)11-13-6-8-14(16)9-7-13/h6-9,12,17H,5,10-11H2,1-4H3. The summed E-state index contributed by atoms with van der Waals surface area (Å²) in [6.07, 6.45) is 2.37. The molecule has 0 fully saturated rings. The summed E-state index contributed by atoms with van der Waals surface area (Å²) in [5.41, 5.74) is 1.80. The molecule has 0 radical (unpaired) electrons. The van der Waals surface area contributed by atoms with Gasteiger partial charge in [-0.05, 0) is 72.0 Å². The van der Waals surface area contributed by atoms with Crippen LogP contribution in [0.3, 0.4) is 0 Å². The highest BCUT2D eigenvalue weighted by Crippen LogP contribution is 2.27. The molecule has 0 spiro atoms. The highest BCUT2D eigenvalue weighted by atomic mass is 127. The van der Waals surface area contributed by atoms with E-state index in [0.717, 1.165) is 13.0 Å². The molecule has 1 aromatic rings. The highest BCUT2D eigenvalue weighted by molar-refractivity contribution is 14.1. The van der Waals surface area contributed by atoms with Crippen LogP contribution in [0, 0.1) is 8.99 Å². The van der Waals surface area contributed by atoms with Crippen LogP contribution < -0.4 is 5.32 Å². The molecule has 1 aromatic carbocycles. The maximum atomic E-state index is 3.50. The van der Waals surface area contributed by atoms with Crippen molar-refractivity contribution < 1.29 is 0 Å². The molecule has 0 saturated carbocycles.